The van der Waals surface area contributed by atoms with Gasteiger partial charge in [-0.15, -0.1) is 5.10 Å². The molecule has 1 aromatic carbocycles. The average molecular weight is 301 g/mol. The van der Waals surface area contributed by atoms with E-state index in [0.717, 1.165) is 18.6 Å². The van der Waals surface area contributed by atoms with Crippen LogP contribution in [0.5, 0.6) is 0 Å². The standard InChI is InChI=1S/C15H19N5O2/c21-15(16-9-13-6-7-22-10-13)14(20-11-17-18-19-20)8-12-4-2-1-3-5-12/h1-5,11,13-14H,6-10H2,(H,16,21)/t13-,14+/m1/s1. The molecule has 0 bridgehead atoms. The molecule has 7 heteroatoms. The Balaban J connectivity index is 1.66. The number of benzene rings is 1. The molecule has 1 N–H and O–H groups in total. The number of ether oxygens (including phenoxy) is 1. The van der Waals surface area contributed by atoms with E-state index in [-0.39, 0.29) is 5.91 Å². The fourth-order valence-corrected chi connectivity index (χ4v) is 2.56. The van der Waals surface area contributed by atoms with Gasteiger partial charge in [0.25, 0.3) is 0 Å². The van der Waals surface area contributed by atoms with E-state index in [1.54, 1.807) is 0 Å². The van der Waals surface area contributed by atoms with Crippen LogP contribution in [-0.4, -0.2) is 45.9 Å². The third-order valence-electron chi connectivity index (χ3n) is 3.85. The van der Waals surface area contributed by atoms with Crippen molar-refractivity contribution in [1.29, 1.82) is 0 Å². The van der Waals surface area contributed by atoms with Gasteiger partial charge in [-0.2, -0.15) is 0 Å². The molecule has 1 amide bonds. The molecule has 2 aromatic rings. The lowest BCUT2D eigenvalue weighted by Gasteiger charge is -2.17. The molecule has 0 spiro atoms. The first-order valence-corrected chi connectivity index (χ1v) is 7.45. The highest BCUT2D eigenvalue weighted by Gasteiger charge is 2.24. The highest BCUT2D eigenvalue weighted by atomic mass is 16.5. The number of hydrogen-bond donors (Lipinski definition) is 1. The van der Waals surface area contributed by atoms with Crippen LogP contribution < -0.4 is 5.32 Å². The fraction of sp³-hybridized carbons (Fsp3) is 0.467. The second-order valence-corrected chi connectivity index (χ2v) is 5.47. The Morgan fingerprint density at radius 2 is 2.27 bits per heavy atom. The monoisotopic (exact) mass is 301 g/mol. The lowest BCUT2D eigenvalue weighted by molar-refractivity contribution is -0.124. The summed E-state index contributed by atoms with van der Waals surface area (Å²) in [6, 6.07) is 9.42. The van der Waals surface area contributed by atoms with Gasteiger partial charge in [-0.1, -0.05) is 30.3 Å². The Bertz CT molecular complexity index is 581. The zero-order valence-electron chi connectivity index (χ0n) is 12.3. The van der Waals surface area contributed by atoms with Crippen molar-refractivity contribution < 1.29 is 9.53 Å². The highest BCUT2D eigenvalue weighted by Crippen LogP contribution is 2.15. The molecule has 1 aliphatic rings. The molecule has 1 fully saturated rings. The largest absolute Gasteiger partial charge is 0.381 e. The Hall–Kier alpha value is -2.28. The first-order chi connectivity index (χ1) is 10.8. The van der Waals surface area contributed by atoms with Gasteiger partial charge in [0.15, 0.2) is 0 Å². The van der Waals surface area contributed by atoms with Crippen LogP contribution in [0.4, 0.5) is 0 Å². The molecule has 2 heterocycles. The molecular formula is C15H19N5O2. The predicted octanol–water partition coefficient (Wildman–Crippen LogP) is 0.610. The number of carbonyl (C=O) groups excluding carboxylic acids is 1. The van der Waals surface area contributed by atoms with E-state index in [2.05, 4.69) is 20.8 Å². The number of amides is 1. The number of hydrogen-bond acceptors (Lipinski definition) is 5. The van der Waals surface area contributed by atoms with E-state index in [1.165, 1.54) is 11.0 Å². The number of aromatic nitrogens is 4. The summed E-state index contributed by atoms with van der Waals surface area (Å²) in [4.78, 5) is 12.5. The predicted molar refractivity (Wildman–Crippen MR) is 78.9 cm³/mol. The van der Waals surface area contributed by atoms with Gasteiger partial charge >= 0.3 is 0 Å². The van der Waals surface area contributed by atoms with Crippen molar-refractivity contribution in [2.45, 2.75) is 18.9 Å². The third kappa shape index (κ3) is 3.67. The summed E-state index contributed by atoms with van der Waals surface area (Å²) in [5.74, 6) is 0.332. The first-order valence-electron chi connectivity index (χ1n) is 7.45. The number of nitrogens with zero attached hydrogens (tertiary/aromatic N) is 4. The average Bonchev–Trinajstić information content (AvgIpc) is 3.24. The molecule has 1 aliphatic heterocycles. The molecule has 7 nitrogen and oxygen atoms in total. The lowest BCUT2D eigenvalue weighted by atomic mass is 10.0. The Morgan fingerprint density at radius 1 is 1.41 bits per heavy atom. The summed E-state index contributed by atoms with van der Waals surface area (Å²) in [5, 5.41) is 14.2. The molecule has 0 radical (unpaired) electrons. The first kappa shape index (κ1) is 14.6. The molecule has 0 saturated carbocycles. The van der Waals surface area contributed by atoms with Gasteiger partial charge in [0.1, 0.15) is 12.4 Å². The van der Waals surface area contributed by atoms with Gasteiger partial charge in [0.05, 0.1) is 6.61 Å². The SMILES string of the molecule is O=C(NC[C@H]1CCOC1)[C@H](Cc1ccccc1)n1cnnn1. The minimum atomic E-state index is -0.445. The minimum absolute atomic E-state index is 0.0666. The van der Waals surface area contributed by atoms with E-state index in [9.17, 15) is 4.79 Å². The fourth-order valence-electron chi connectivity index (χ4n) is 2.56. The molecule has 1 saturated heterocycles. The normalized spacial score (nSPS) is 19.0. The molecule has 1 aromatic heterocycles. The summed E-state index contributed by atoms with van der Waals surface area (Å²) in [6.45, 7) is 2.13. The van der Waals surface area contributed by atoms with Gasteiger partial charge in [0.2, 0.25) is 5.91 Å². The third-order valence-corrected chi connectivity index (χ3v) is 3.85. The van der Waals surface area contributed by atoms with E-state index in [1.807, 2.05) is 30.3 Å². The zero-order valence-corrected chi connectivity index (χ0v) is 12.3. The maximum atomic E-state index is 12.5. The summed E-state index contributed by atoms with van der Waals surface area (Å²) < 4.78 is 6.84. The minimum Gasteiger partial charge on any atom is -0.381 e. The molecule has 116 valence electrons. The van der Waals surface area contributed by atoms with Gasteiger partial charge in [0, 0.05) is 25.5 Å². The maximum Gasteiger partial charge on any atom is 0.245 e. The number of carbonyl (C=O) groups is 1. The number of rotatable bonds is 6. The van der Waals surface area contributed by atoms with Crippen LogP contribution in [0, 0.1) is 5.92 Å². The summed E-state index contributed by atoms with van der Waals surface area (Å²) >= 11 is 0. The van der Waals surface area contributed by atoms with E-state index in [0.29, 0.717) is 25.5 Å². The van der Waals surface area contributed by atoms with Crippen LogP contribution >= 0.6 is 0 Å². The number of nitrogens with one attached hydrogen (secondary N) is 1. The molecule has 0 unspecified atom stereocenters. The Morgan fingerprint density at radius 3 is 2.95 bits per heavy atom. The van der Waals surface area contributed by atoms with E-state index in [4.69, 9.17) is 4.74 Å². The topological polar surface area (TPSA) is 81.9 Å². The van der Waals surface area contributed by atoms with Gasteiger partial charge < -0.3 is 10.1 Å². The van der Waals surface area contributed by atoms with Crippen molar-refractivity contribution in [3.63, 3.8) is 0 Å². The number of tetrazole rings is 1. The summed E-state index contributed by atoms with van der Waals surface area (Å²) in [7, 11) is 0. The van der Waals surface area contributed by atoms with Crippen molar-refractivity contribution in [3.8, 4) is 0 Å². The van der Waals surface area contributed by atoms with Crippen LogP contribution in [0.1, 0.15) is 18.0 Å². The van der Waals surface area contributed by atoms with E-state index < -0.39 is 6.04 Å². The van der Waals surface area contributed by atoms with Crippen LogP contribution in [0.25, 0.3) is 0 Å². The maximum absolute atomic E-state index is 12.5. The van der Waals surface area contributed by atoms with Crippen molar-refractivity contribution in [1.82, 2.24) is 25.5 Å². The molecule has 2 atom stereocenters. The van der Waals surface area contributed by atoms with Crippen molar-refractivity contribution >= 4 is 5.91 Å². The quantitative estimate of drug-likeness (QED) is 0.845. The van der Waals surface area contributed by atoms with Gasteiger partial charge in [-0.25, -0.2) is 4.68 Å². The highest BCUT2D eigenvalue weighted by molar-refractivity contribution is 5.80. The van der Waals surface area contributed by atoms with Crippen molar-refractivity contribution in [2.75, 3.05) is 19.8 Å². The van der Waals surface area contributed by atoms with Gasteiger partial charge in [-0.3, -0.25) is 4.79 Å². The lowest BCUT2D eigenvalue weighted by Crippen LogP contribution is -2.37. The smallest absolute Gasteiger partial charge is 0.245 e. The van der Waals surface area contributed by atoms with Gasteiger partial charge in [-0.05, 0) is 22.4 Å². The van der Waals surface area contributed by atoms with E-state index >= 15 is 0 Å². The molecule has 22 heavy (non-hydrogen) atoms. The molecular weight excluding hydrogens is 282 g/mol. The Kier molecular flexibility index (Phi) is 4.75. The molecule has 0 aliphatic carbocycles. The second kappa shape index (κ2) is 7.13. The van der Waals surface area contributed by atoms with Crippen LogP contribution in [-0.2, 0) is 16.0 Å². The van der Waals surface area contributed by atoms with Crippen LogP contribution in [0.3, 0.4) is 0 Å². The summed E-state index contributed by atoms with van der Waals surface area (Å²) in [5.41, 5.74) is 1.07. The second-order valence-electron chi connectivity index (χ2n) is 5.47. The van der Waals surface area contributed by atoms with Crippen LogP contribution in [0.15, 0.2) is 36.7 Å². The summed E-state index contributed by atoms with van der Waals surface area (Å²) in [6.07, 6.45) is 3.03. The Labute approximate surface area is 128 Å². The van der Waals surface area contributed by atoms with Crippen molar-refractivity contribution in [3.05, 3.63) is 42.2 Å². The van der Waals surface area contributed by atoms with Crippen LogP contribution in [0.2, 0.25) is 0 Å². The van der Waals surface area contributed by atoms with Crippen molar-refractivity contribution in [2.24, 2.45) is 5.92 Å². The zero-order chi connectivity index (χ0) is 15.2. The molecule has 3 rings (SSSR count).